The van der Waals surface area contributed by atoms with Crippen LogP contribution in [0.1, 0.15) is 22.5 Å². The molecule has 0 aliphatic carbocycles. The molecule has 0 saturated carbocycles. The van der Waals surface area contributed by atoms with Gasteiger partial charge in [0.25, 0.3) is 5.56 Å². The van der Waals surface area contributed by atoms with Gasteiger partial charge in [-0.15, -0.1) is 0 Å². The topological polar surface area (TPSA) is 64.3 Å². The molecular weight excluding hydrogens is 376 g/mol. The van der Waals surface area contributed by atoms with Crippen molar-refractivity contribution in [1.82, 2.24) is 9.55 Å². The van der Waals surface area contributed by atoms with Crippen LogP contribution in [0.4, 0.5) is 0 Å². The highest BCUT2D eigenvalue weighted by molar-refractivity contribution is 5.80. The van der Waals surface area contributed by atoms with Gasteiger partial charge in [0.05, 0.1) is 23.7 Å². The lowest BCUT2D eigenvalue weighted by Gasteiger charge is -2.13. The highest BCUT2D eigenvalue weighted by Crippen LogP contribution is 2.30. The first kappa shape index (κ1) is 19.5. The Morgan fingerprint density at radius 1 is 0.967 bits per heavy atom. The Morgan fingerprint density at radius 2 is 1.77 bits per heavy atom. The Balaban J connectivity index is 1.94. The summed E-state index contributed by atoms with van der Waals surface area (Å²) in [6, 6.07) is 18.4. The molecule has 5 heteroatoms. The molecule has 3 aromatic carbocycles. The van der Waals surface area contributed by atoms with E-state index in [4.69, 9.17) is 9.72 Å². The minimum atomic E-state index is -0.140. The Morgan fingerprint density at radius 3 is 2.53 bits per heavy atom. The summed E-state index contributed by atoms with van der Waals surface area (Å²) >= 11 is 0. The second-order valence-electron chi connectivity index (χ2n) is 7.13. The summed E-state index contributed by atoms with van der Waals surface area (Å²) in [6.45, 7) is 4.05. The number of rotatable bonds is 4. The fourth-order valence-electron chi connectivity index (χ4n) is 3.38. The van der Waals surface area contributed by atoms with E-state index >= 15 is 0 Å². The number of phenolic OH excluding ortho intramolecular Hbond substituents is 1. The number of aryl methyl sites for hydroxylation is 2. The summed E-state index contributed by atoms with van der Waals surface area (Å²) in [5, 5.41) is 10.9. The fourth-order valence-corrected chi connectivity index (χ4v) is 3.38. The van der Waals surface area contributed by atoms with Crippen molar-refractivity contribution in [1.29, 1.82) is 0 Å². The second-order valence-corrected chi connectivity index (χ2v) is 7.13. The maximum Gasteiger partial charge on any atom is 0.266 e. The molecule has 5 nitrogen and oxygen atoms in total. The molecule has 150 valence electrons. The van der Waals surface area contributed by atoms with Crippen LogP contribution in [-0.2, 0) is 0 Å². The summed E-state index contributed by atoms with van der Waals surface area (Å²) in [7, 11) is 1.50. The minimum Gasteiger partial charge on any atom is -0.504 e. The van der Waals surface area contributed by atoms with Crippen LogP contribution in [0.3, 0.4) is 0 Å². The van der Waals surface area contributed by atoms with Crippen molar-refractivity contribution in [3.05, 3.63) is 93.5 Å². The third-order valence-electron chi connectivity index (χ3n) is 5.21. The van der Waals surface area contributed by atoms with Crippen molar-refractivity contribution in [3.8, 4) is 17.2 Å². The van der Waals surface area contributed by atoms with Crippen molar-refractivity contribution >= 4 is 23.1 Å². The first-order valence-corrected chi connectivity index (χ1v) is 9.63. The molecule has 1 heterocycles. The van der Waals surface area contributed by atoms with Gasteiger partial charge in [-0.05, 0) is 67.5 Å². The lowest BCUT2D eigenvalue weighted by molar-refractivity contribution is 0.373. The minimum absolute atomic E-state index is 0.0390. The zero-order chi connectivity index (χ0) is 21.3. The van der Waals surface area contributed by atoms with Crippen LogP contribution in [0.15, 0.2) is 65.5 Å². The molecular formula is C25H22N2O3. The van der Waals surface area contributed by atoms with Crippen LogP contribution < -0.4 is 10.3 Å². The Hall–Kier alpha value is -3.86. The number of aromatic nitrogens is 2. The Bertz CT molecular complexity index is 1340. The number of hydrogen-bond donors (Lipinski definition) is 1. The summed E-state index contributed by atoms with van der Waals surface area (Å²) < 4.78 is 6.78. The van der Waals surface area contributed by atoms with Crippen LogP contribution in [-0.4, -0.2) is 21.8 Å². The lowest BCUT2D eigenvalue weighted by atomic mass is 10.1. The molecule has 0 fully saturated rings. The van der Waals surface area contributed by atoms with Gasteiger partial charge >= 0.3 is 0 Å². The number of hydrogen-bond acceptors (Lipinski definition) is 4. The molecule has 0 bridgehead atoms. The van der Waals surface area contributed by atoms with E-state index in [-0.39, 0.29) is 11.3 Å². The number of methoxy groups -OCH3 is 1. The number of aromatic hydroxyl groups is 1. The normalized spacial score (nSPS) is 11.3. The van der Waals surface area contributed by atoms with Gasteiger partial charge in [-0.2, -0.15) is 0 Å². The number of para-hydroxylation sites is 2. The molecule has 0 aliphatic heterocycles. The van der Waals surface area contributed by atoms with Gasteiger partial charge in [0.15, 0.2) is 11.5 Å². The first-order valence-electron chi connectivity index (χ1n) is 9.63. The van der Waals surface area contributed by atoms with Gasteiger partial charge in [-0.1, -0.05) is 30.3 Å². The van der Waals surface area contributed by atoms with Crippen molar-refractivity contribution in [2.75, 3.05) is 7.11 Å². The summed E-state index contributed by atoms with van der Waals surface area (Å²) in [6.07, 6.45) is 3.46. The van der Waals surface area contributed by atoms with E-state index in [1.165, 1.54) is 7.11 Å². The highest BCUT2D eigenvalue weighted by Gasteiger charge is 2.12. The molecule has 0 atom stereocenters. The smallest absolute Gasteiger partial charge is 0.266 e. The number of benzene rings is 3. The largest absolute Gasteiger partial charge is 0.504 e. The third-order valence-corrected chi connectivity index (χ3v) is 5.21. The van der Waals surface area contributed by atoms with E-state index in [1.807, 2.05) is 50.2 Å². The van der Waals surface area contributed by atoms with Crippen molar-refractivity contribution in [2.24, 2.45) is 0 Å². The van der Waals surface area contributed by atoms with E-state index in [0.717, 1.165) is 16.8 Å². The quantitative estimate of drug-likeness (QED) is 0.532. The van der Waals surface area contributed by atoms with E-state index in [1.54, 1.807) is 41.0 Å². The molecule has 30 heavy (non-hydrogen) atoms. The van der Waals surface area contributed by atoms with Crippen LogP contribution in [0.25, 0.3) is 28.7 Å². The van der Waals surface area contributed by atoms with Crippen LogP contribution in [0, 0.1) is 13.8 Å². The van der Waals surface area contributed by atoms with Crippen molar-refractivity contribution in [2.45, 2.75) is 13.8 Å². The average molecular weight is 398 g/mol. The molecule has 0 spiro atoms. The lowest BCUT2D eigenvalue weighted by Crippen LogP contribution is -2.22. The predicted octanol–water partition coefficient (Wildman–Crippen LogP) is 4.89. The van der Waals surface area contributed by atoms with E-state index in [0.29, 0.717) is 28.0 Å². The average Bonchev–Trinajstić information content (AvgIpc) is 2.75. The fraction of sp³-hybridized carbons (Fsp3) is 0.120. The third kappa shape index (κ3) is 3.46. The first-order chi connectivity index (χ1) is 14.5. The number of fused-ring (bicyclic) bond motifs is 1. The molecule has 0 radical (unpaired) electrons. The van der Waals surface area contributed by atoms with E-state index in [9.17, 15) is 9.90 Å². The maximum atomic E-state index is 13.3. The summed E-state index contributed by atoms with van der Waals surface area (Å²) in [5.74, 6) is 0.899. The number of phenols is 1. The SMILES string of the molecule is COc1cccc(C=Cc2nc3ccccc3c(=O)n2-c2ccc(C)c(C)c2)c1O. The predicted molar refractivity (Wildman–Crippen MR) is 120 cm³/mol. The van der Waals surface area contributed by atoms with Gasteiger partial charge in [-0.3, -0.25) is 9.36 Å². The van der Waals surface area contributed by atoms with Crippen molar-refractivity contribution in [3.63, 3.8) is 0 Å². The molecule has 4 aromatic rings. The van der Waals surface area contributed by atoms with Crippen LogP contribution in [0.2, 0.25) is 0 Å². The monoisotopic (exact) mass is 398 g/mol. The van der Waals surface area contributed by atoms with Gasteiger partial charge < -0.3 is 9.84 Å². The van der Waals surface area contributed by atoms with Crippen molar-refractivity contribution < 1.29 is 9.84 Å². The zero-order valence-electron chi connectivity index (χ0n) is 17.1. The molecule has 4 rings (SSSR count). The molecule has 1 aromatic heterocycles. The van der Waals surface area contributed by atoms with Gasteiger partial charge in [0, 0.05) is 5.56 Å². The van der Waals surface area contributed by atoms with Crippen LogP contribution >= 0.6 is 0 Å². The highest BCUT2D eigenvalue weighted by atomic mass is 16.5. The Labute approximate surface area is 174 Å². The summed E-state index contributed by atoms with van der Waals surface area (Å²) in [5.41, 5.74) is 4.04. The number of ether oxygens (including phenoxy) is 1. The molecule has 0 saturated heterocycles. The van der Waals surface area contributed by atoms with Gasteiger partial charge in [0.2, 0.25) is 0 Å². The zero-order valence-corrected chi connectivity index (χ0v) is 17.1. The van der Waals surface area contributed by atoms with Gasteiger partial charge in [0.1, 0.15) is 5.82 Å². The standard InChI is InChI=1S/C25H22N2O3/c1-16-11-13-19(15-17(16)2)27-23(26-21-9-5-4-8-20(21)25(27)29)14-12-18-7-6-10-22(30-3)24(18)28/h4-15,28H,1-3H3. The Kier molecular flexibility index (Phi) is 5.11. The van der Waals surface area contributed by atoms with Crippen LogP contribution in [0.5, 0.6) is 11.5 Å². The maximum absolute atomic E-state index is 13.3. The second kappa shape index (κ2) is 7.87. The molecule has 0 amide bonds. The van der Waals surface area contributed by atoms with Gasteiger partial charge in [-0.25, -0.2) is 4.98 Å². The summed E-state index contributed by atoms with van der Waals surface area (Å²) in [4.78, 5) is 18.1. The molecule has 1 N–H and O–H groups in total. The number of nitrogens with zero attached hydrogens (tertiary/aromatic N) is 2. The molecule has 0 unspecified atom stereocenters. The van der Waals surface area contributed by atoms with E-state index < -0.39 is 0 Å². The molecule has 0 aliphatic rings. The van der Waals surface area contributed by atoms with E-state index in [2.05, 4.69) is 0 Å².